The van der Waals surface area contributed by atoms with E-state index in [9.17, 15) is 4.39 Å². The number of benzene rings is 3. The fraction of sp³-hybridized carbons (Fsp3) is 0.231. The summed E-state index contributed by atoms with van der Waals surface area (Å²) in [5.74, 6) is 0.543. The molecular weight excluding hydrogens is 401 g/mol. The minimum Gasteiger partial charge on any atom is -0.340 e. The van der Waals surface area contributed by atoms with Crippen LogP contribution >= 0.6 is 0 Å². The number of hydrogen-bond acceptors (Lipinski definition) is 3. The third-order valence-corrected chi connectivity index (χ3v) is 5.52. The molecular formula is C26H26FN5. The molecule has 0 radical (unpaired) electrons. The highest BCUT2D eigenvalue weighted by molar-refractivity contribution is 5.93. The highest BCUT2D eigenvalue weighted by atomic mass is 19.1. The van der Waals surface area contributed by atoms with Gasteiger partial charge in [0.15, 0.2) is 5.96 Å². The number of nitriles is 1. The zero-order chi connectivity index (χ0) is 22.2. The van der Waals surface area contributed by atoms with Gasteiger partial charge >= 0.3 is 0 Å². The van der Waals surface area contributed by atoms with Crippen LogP contribution in [-0.2, 0) is 13.1 Å². The van der Waals surface area contributed by atoms with E-state index in [0.717, 1.165) is 49.9 Å². The Morgan fingerprint density at radius 3 is 2.22 bits per heavy atom. The Hall–Kier alpha value is -3.69. The summed E-state index contributed by atoms with van der Waals surface area (Å²) in [6.07, 6.45) is 0. The molecule has 1 heterocycles. The fourth-order valence-corrected chi connectivity index (χ4v) is 3.69. The minimum absolute atomic E-state index is 0.247. The molecule has 162 valence electrons. The molecule has 32 heavy (non-hydrogen) atoms. The van der Waals surface area contributed by atoms with Crippen molar-refractivity contribution in [3.05, 3.63) is 101 Å². The highest BCUT2D eigenvalue weighted by Gasteiger charge is 2.20. The number of hydrogen-bond donors (Lipinski definition) is 1. The second kappa shape index (κ2) is 10.6. The summed E-state index contributed by atoms with van der Waals surface area (Å²) in [4.78, 5) is 9.52. The molecule has 1 fully saturated rings. The maximum atomic E-state index is 13.2. The molecule has 0 spiro atoms. The van der Waals surface area contributed by atoms with Crippen LogP contribution < -0.4 is 5.32 Å². The number of piperazine rings is 1. The van der Waals surface area contributed by atoms with E-state index in [-0.39, 0.29) is 5.82 Å². The molecule has 0 atom stereocenters. The van der Waals surface area contributed by atoms with E-state index in [1.807, 2.05) is 18.2 Å². The summed E-state index contributed by atoms with van der Waals surface area (Å²) >= 11 is 0. The van der Waals surface area contributed by atoms with Gasteiger partial charge < -0.3 is 10.2 Å². The number of anilines is 1. The van der Waals surface area contributed by atoms with Gasteiger partial charge in [0.25, 0.3) is 0 Å². The number of guanidine groups is 1. The number of rotatable bonds is 5. The van der Waals surface area contributed by atoms with Crippen LogP contribution in [0.15, 0.2) is 83.9 Å². The molecule has 0 unspecified atom stereocenters. The molecule has 0 aromatic heterocycles. The molecule has 0 bridgehead atoms. The van der Waals surface area contributed by atoms with Crippen LogP contribution in [0, 0.1) is 17.1 Å². The van der Waals surface area contributed by atoms with Crippen molar-refractivity contribution >= 4 is 11.6 Å². The third-order valence-electron chi connectivity index (χ3n) is 5.52. The quantitative estimate of drug-likeness (QED) is 0.482. The fourth-order valence-electron chi connectivity index (χ4n) is 3.69. The van der Waals surface area contributed by atoms with Crippen LogP contribution in [0.5, 0.6) is 0 Å². The van der Waals surface area contributed by atoms with Gasteiger partial charge in [-0.3, -0.25) is 4.90 Å². The van der Waals surface area contributed by atoms with Gasteiger partial charge in [-0.05, 0) is 47.5 Å². The molecule has 0 aliphatic carbocycles. The Bertz CT molecular complexity index is 1060. The van der Waals surface area contributed by atoms with Crippen LogP contribution in [0.2, 0.25) is 0 Å². The van der Waals surface area contributed by atoms with Gasteiger partial charge in [-0.15, -0.1) is 0 Å². The van der Waals surface area contributed by atoms with Gasteiger partial charge in [0.2, 0.25) is 0 Å². The molecule has 0 amide bonds. The molecule has 0 saturated carbocycles. The van der Waals surface area contributed by atoms with Crippen molar-refractivity contribution in [1.82, 2.24) is 9.80 Å². The lowest BCUT2D eigenvalue weighted by molar-refractivity contribution is 0.175. The highest BCUT2D eigenvalue weighted by Crippen LogP contribution is 2.14. The van der Waals surface area contributed by atoms with Crippen molar-refractivity contribution in [2.24, 2.45) is 4.99 Å². The van der Waals surface area contributed by atoms with E-state index in [0.29, 0.717) is 12.1 Å². The van der Waals surface area contributed by atoms with E-state index in [1.54, 1.807) is 24.3 Å². The maximum absolute atomic E-state index is 13.2. The first kappa shape index (κ1) is 21.5. The standard InChI is InChI=1S/C26H26FN5/c27-24-10-6-22(7-11-24)19-29-26(30-25-12-8-21(18-28)9-13-25)32-16-14-31(15-17-32)20-23-4-2-1-3-5-23/h1-13H,14-17,19-20H2,(H,29,30). The summed E-state index contributed by atoms with van der Waals surface area (Å²) in [5.41, 5.74) is 3.78. The number of halogens is 1. The predicted molar refractivity (Wildman–Crippen MR) is 126 cm³/mol. The number of nitrogens with one attached hydrogen (secondary N) is 1. The maximum Gasteiger partial charge on any atom is 0.198 e. The SMILES string of the molecule is N#Cc1ccc(NC(=NCc2ccc(F)cc2)N2CCN(Cc3ccccc3)CC2)cc1. The topological polar surface area (TPSA) is 54.7 Å². The van der Waals surface area contributed by atoms with E-state index < -0.39 is 0 Å². The van der Waals surface area contributed by atoms with Gasteiger partial charge in [0, 0.05) is 38.4 Å². The molecule has 1 saturated heterocycles. The van der Waals surface area contributed by atoms with Crippen molar-refractivity contribution in [3.63, 3.8) is 0 Å². The lowest BCUT2D eigenvalue weighted by Crippen LogP contribution is -2.50. The second-order valence-electron chi connectivity index (χ2n) is 7.83. The molecule has 3 aromatic rings. The van der Waals surface area contributed by atoms with Crippen LogP contribution in [0.4, 0.5) is 10.1 Å². The van der Waals surface area contributed by atoms with Crippen molar-refractivity contribution < 1.29 is 4.39 Å². The summed E-state index contributed by atoms with van der Waals surface area (Å²) in [7, 11) is 0. The normalized spacial score (nSPS) is 14.8. The predicted octanol–water partition coefficient (Wildman–Crippen LogP) is 4.48. The first-order valence-corrected chi connectivity index (χ1v) is 10.8. The Balaban J connectivity index is 1.45. The van der Waals surface area contributed by atoms with Gasteiger partial charge in [-0.25, -0.2) is 9.38 Å². The van der Waals surface area contributed by atoms with Gasteiger partial charge in [-0.2, -0.15) is 5.26 Å². The largest absolute Gasteiger partial charge is 0.340 e. The van der Waals surface area contributed by atoms with Crippen molar-refractivity contribution in [2.75, 3.05) is 31.5 Å². The molecule has 1 aliphatic heterocycles. The van der Waals surface area contributed by atoms with Crippen LogP contribution in [0.25, 0.3) is 0 Å². The van der Waals surface area contributed by atoms with Crippen LogP contribution in [0.3, 0.4) is 0 Å². The summed E-state index contributed by atoms with van der Waals surface area (Å²) in [6.45, 7) is 5.01. The summed E-state index contributed by atoms with van der Waals surface area (Å²) in [6, 6.07) is 26.4. The van der Waals surface area contributed by atoms with Gasteiger partial charge in [0.1, 0.15) is 5.82 Å². The zero-order valence-corrected chi connectivity index (χ0v) is 17.9. The van der Waals surface area contributed by atoms with E-state index >= 15 is 0 Å². The van der Waals surface area contributed by atoms with Crippen molar-refractivity contribution in [1.29, 1.82) is 5.26 Å². The lowest BCUT2D eigenvalue weighted by Gasteiger charge is -2.36. The molecule has 5 nitrogen and oxygen atoms in total. The van der Waals surface area contributed by atoms with Gasteiger partial charge in [0.05, 0.1) is 18.2 Å². The van der Waals surface area contributed by atoms with E-state index in [2.05, 4.69) is 45.5 Å². The van der Waals surface area contributed by atoms with Crippen LogP contribution in [-0.4, -0.2) is 41.9 Å². The van der Waals surface area contributed by atoms with E-state index in [1.165, 1.54) is 17.7 Å². The summed E-state index contributed by atoms with van der Waals surface area (Å²) in [5, 5.41) is 12.5. The average Bonchev–Trinajstić information content (AvgIpc) is 2.84. The van der Waals surface area contributed by atoms with Crippen molar-refractivity contribution in [2.45, 2.75) is 13.1 Å². The smallest absolute Gasteiger partial charge is 0.198 e. The van der Waals surface area contributed by atoms with Crippen LogP contribution in [0.1, 0.15) is 16.7 Å². The number of aliphatic imine (C=N–C) groups is 1. The zero-order valence-electron chi connectivity index (χ0n) is 17.9. The number of nitrogens with zero attached hydrogens (tertiary/aromatic N) is 4. The first-order valence-electron chi connectivity index (χ1n) is 10.8. The Kier molecular flexibility index (Phi) is 7.11. The third kappa shape index (κ3) is 5.93. The molecule has 1 N–H and O–H groups in total. The first-order chi connectivity index (χ1) is 15.7. The van der Waals surface area contributed by atoms with Crippen molar-refractivity contribution in [3.8, 4) is 6.07 Å². The molecule has 3 aromatic carbocycles. The molecule has 6 heteroatoms. The van der Waals surface area contributed by atoms with Gasteiger partial charge in [-0.1, -0.05) is 42.5 Å². The van der Waals surface area contributed by atoms with E-state index in [4.69, 9.17) is 10.3 Å². The average molecular weight is 428 g/mol. The molecule has 1 aliphatic rings. The monoisotopic (exact) mass is 427 g/mol. The Labute approximate surface area is 188 Å². The Morgan fingerprint density at radius 1 is 0.875 bits per heavy atom. The summed E-state index contributed by atoms with van der Waals surface area (Å²) < 4.78 is 13.2. The second-order valence-corrected chi connectivity index (χ2v) is 7.83. The lowest BCUT2D eigenvalue weighted by atomic mass is 10.2. The molecule has 4 rings (SSSR count). The Morgan fingerprint density at radius 2 is 1.56 bits per heavy atom. The minimum atomic E-state index is -0.247.